The van der Waals surface area contributed by atoms with Crippen molar-refractivity contribution in [3.05, 3.63) is 10.5 Å². The van der Waals surface area contributed by atoms with E-state index in [0.717, 1.165) is 0 Å². The molecule has 0 aliphatic rings. The highest BCUT2D eigenvalue weighted by Gasteiger charge is 2.15. The maximum atomic E-state index is 11.9. The van der Waals surface area contributed by atoms with E-state index in [-0.39, 0.29) is 0 Å². The van der Waals surface area contributed by atoms with Crippen LogP contribution in [0.25, 0.3) is 0 Å². The first-order chi connectivity index (χ1) is 4.50. The minimum atomic E-state index is -4.88. The van der Waals surface area contributed by atoms with Crippen LogP contribution in [0.5, 0.6) is 0 Å². The first-order valence-electron chi connectivity index (χ1n) is 2.09. The second kappa shape index (κ2) is 1.90. The van der Waals surface area contributed by atoms with Crippen LogP contribution in [0, 0.1) is 0 Å². The van der Waals surface area contributed by atoms with Gasteiger partial charge in [0.05, 0.1) is 0 Å². The number of hydrogen-bond acceptors (Lipinski definition) is 4. The molecule has 0 saturated carbocycles. The molecular weight excluding hydrogens is 165 g/mol. The Morgan fingerprint density at radius 3 is 2.30 bits per heavy atom. The van der Waals surface area contributed by atoms with Crippen LogP contribution < -0.4 is 5.69 Å². The smallest absolute Gasteiger partial charge is 0.278 e. The van der Waals surface area contributed by atoms with Crippen LogP contribution in [-0.2, 0) is 10.2 Å². The average Bonchev–Trinajstić information content (AvgIpc) is 2.11. The standard InChI is InChI=1S/C2H2FN3O3S/c3-10(8,9)2-4-1(7)5-6-2/h(H2,4,5,6,7). The van der Waals surface area contributed by atoms with E-state index in [1.807, 2.05) is 0 Å². The lowest BCUT2D eigenvalue weighted by atomic mass is 11.3. The summed E-state index contributed by atoms with van der Waals surface area (Å²) >= 11 is 0. The molecule has 2 N–H and O–H groups in total. The molecule has 1 rings (SSSR count). The third-order valence-electron chi connectivity index (χ3n) is 0.710. The van der Waals surface area contributed by atoms with Crippen molar-refractivity contribution in [2.24, 2.45) is 0 Å². The summed E-state index contributed by atoms with van der Waals surface area (Å²) in [5, 5.41) is 3.52. The van der Waals surface area contributed by atoms with Gasteiger partial charge in [-0.2, -0.15) is 8.42 Å². The molecule has 8 heteroatoms. The highest BCUT2D eigenvalue weighted by molar-refractivity contribution is 7.86. The Balaban J connectivity index is 3.34. The largest absolute Gasteiger partial charge is 0.368 e. The fourth-order valence-corrected chi connectivity index (χ4v) is 0.739. The number of nitrogens with one attached hydrogen (secondary N) is 2. The van der Waals surface area contributed by atoms with Crippen LogP contribution in [0.1, 0.15) is 0 Å². The molecule has 0 amide bonds. The molecule has 1 aromatic rings. The van der Waals surface area contributed by atoms with Gasteiger partial charge < -0.3 is 0 Å². The van der Waals surface area contributed by atoms with E-state index in [2.05, 4.69) is 5.10 Å². The highest BCUT2D eigenvalue weighted by atomic mass is 32.3. The van der Waals surface area contributed by atoms with Crippen LogP contribution in [0.2, 0.25) is 0 Å². The van der Waals surface area contributed by atoms with Crippen LogP contribution >= 0.6 is 0 Å². The molecule has 0 saturated heterocycles. The van der Waals surface area contributed by atoms with Crippen molar-refractivity contribution < 1.29 is 12.3 Å². The summed E-state index contributed by atoms with van der Waals surface area (Å²) in [6.45, 7) is 0. The van der Waals surface area contributed by atoms with Gasteiger partial charge in [-0.3, -0.25) is 4.98 Å². The van der Waals surface area contributed by atoms with Gasteiger partial charge in [-0.05, 0) is 0 Å². The zero-order valence-corrected chi connectivity index (χ0v) is 5.27. The zero-order valence-electron chi connectivity index (χ0n) is 4.46. The number of aromatic nitrogens is 3. The Bertz CT molecular complexity index is 374. The predicted octanol–water partition coefficient (Wildman–Crippen LogP) is -1.24. The molecule has 0 fully saturated rings. The molecule has 0 aliphatic heterocycles. The maximum Gasteiger partial charge on any atom is 0.368 e. The second-order valence-corrected chi connectivity index (χ2v) is 2.68. The van der Waals surface area contributed by atoms with E-state index < -0.39 is 21.1 Å². The van der Waals surface area contributed by atoms with Gasteiger partial charge in [-0.25, -0.2) is 9.89 Å². The van der Waals surface area contributed by atoms with Gasteiger partial charge in [0.1, 0.15) is 0 Å². The molecule has 0 radical (unpaired) electrons. The van der Waals surface area contributed by atoms with E-state index in [1.54, 1.807) is 10.1 Å². The molecule has 0 atom stereocenters. The molecule has 0 unspecified atom stereocenters. The molecule has 6 nitrogen and oxygen atoms in total. The number of H-pyrrole nitrogens is 2. The molecule has 0 aromatic carbocycles. The Labute approximate surface area is 54.3 Å². The SMILES string of the molecule is O=c1[nH]nc(S(=O)(=O)F)[nH]1. The topological polar surface area (TPSA) is 95.7 Å². The van der Waals surface area contributed by atoms with E-state index >= 15 is 0 Å². The summed E-state index contributed by atoms with van der Waals surface area (Å²) in [5.41, 5.74) is -0.865. The van der Waals surface area contributed by atoms with Crippen molar-refractivity contribution in [3.63, 3.8) is 0 Å². The first kappa shape index (κ1) is 6.93. The number of nitrogens with zero attached hydrogens (tertiary/aromatic N) is 1. The van der Waals surface area contributed by atoms with E-state index in [4.69, 9.17) is 0 Å². The van der Waals surface area contributed by atoms with Gasteiger partial charge in [0.25, 0.3) is 5.16 Å². The summed E-state index contributed by atoms with van der Waals surface area (Å²) in [6, 6.07) is 0. The van der Waals surface area contributed by atoms with Crippen LogP contribution in [0.4, 0.5) is 3.89 Å². The van der Waals surface area contributed by atoms with Crippen molar-refractivity contribution in [1.82, 2.24) is 15.2 Å². The van der Waals surface area contributed by atoms with Crippen LogP contribution in [-0.4, -0.2) is 23.6 Å². The number of rotatable bonds is 1. The molecule has 1 aromatic heterocycles. The van der Waals surface area contributed by atoms with E-state index in [1.165, 1.54) is 0 Å². The lowest BCUT2D eigenvalue weighted by Gasteiger charge is -1.79. The number of halogens is 1. The summed E-state index contributed by atoms with van der Waals surface area (Å²) in [4.78, 5) is 11.8. The van der Waals surface area contributed by atoms with Gasteiger partial charge in [0.2, 0.25) is 0 Å². The number of aromatic amines is 2. The zero-order chi connectivity index (χ0) is 7.78. The highest BCUT2D eigenvalue weighted by Crippen LogP contribution is 1.99. The van der Waals surface area contributed by atoms with E-state index in [0.29, 0.717) is 0 Å². The van der Waals surface area contributed by atoms with Crippen molar-refractivity contribution >= 4 is 10.2 Å². The van der Waals surface area contributed by atoms with Gasteiger partial charge >= 0.3 is 15.9 Å². The lowest BCUT2D eigenvalue weighted by molar-refractivity contribution is 0.542. The van der Waals surface area contributed by atoms with Gasteiger partial charge in [-0.1, -0.05) is 3.89 Å². The molecule has 0 bridgehead atoms. The van der Waals surface area contributed by atoms with Gasteiger partial charge in [0, 0.05) is 0 Å². The molecule has 1 heterocycles. The first-order valence-corrected chi connectivity index (χ1v) is 3.48. The third kappa shape index (κ3) is 1.21. The summed E-state index contributed by atoms with van der Waals surface area (Å²) < 4.78 is 31.7. The van der Waals surface area contributed by atoms with Crippen molar-refractivity contribution in [2.75, 3.05) is 0 Å². The minimum absolute atomic E-state index is 0.865. The minimum Gasteiger partial charge on any atom is -0.278 e. The molecule has 10 heavy (non-hydrogen) atoms. The van der Waals surface area contributed by atoms with Gasteiger partial charge in [0.15, 0.2) is 0 Å². The lowest BCUT2D eigenvalue weighted by Crippen LogP contribution is -2.02. The normalized spacial score (nSPS) is 11.7. The Morgan fingerprint density at radius 2 is 2.10 bits per heavy atom. The summed E-state index contributed by atoms with van der Waals surface area (Å²) in [5.74, 6) is 0. The Morgan fingerprint density at radius 1 is 1.50 bits per heavy atom. The van der Waals surface area contributed by atoms with Crippen molar-refractivity contribution in [1.29, 1.82) is 0 Å². The summed E-state index contributed by atoms with van der Waals surface area (Å²) in [7, 11) is -4.88. The Kier molecular flexibility index (Phi) is 1.32. The van der Waals surface area contributed by atoms with Crippen molar-refractivity contribution in [2.45, 2.75) is 5.16 Å². The molecule has 0 aliphatic carbocycles. The third-order valence-corrected chi connectivity index (χ3v) is 1.37. The molecule has 56 valence electrons. The summed E-state index contributed by atoms with van der Waals surface area (Å²) in [6.07, 6.45) is 0. The number of hydrogen-bond donors (Lipinski definition) is 2. The maximum absolute atomic E-state index is 11.9. The Hall–Kier alpha value is -1.18. The monoisotopic (exact) mass is 167 g/mol. The molecular formula is C2H2FN3O3S. The average molecular weight is 167 g/mol. The quantitative estimate of drug-likeness (QED) is 0.511. The van der Waals surface area contributed by atoms with E-state index in [9.17, 15) is 17.1 Å². The van der Waals surface area contributed by atoms with Gasteiger partial charge in [-0.15, -0.1) is 5.10 Å². The fraction of sp³-hybridized carbons (Fsp3) is 0. The van der Waals surface area contributed by atoms with Crippen molar-refractivity contribution in [3.8, 4) is 0 Å². The van der Waals surface area contributed by atoms with Crippen LogP contribution in [0.3, 0.4) is 0 Å². The second-order valence-electron chi connectivity index (χ2n) is 1.42. The predicted molar refractivity (Wildman–Crippen MR) is 27.5 cm³/mol. The fourth-order valence-electron chi connectivity index (χ4n) is 0.370. The molecule has 0 spiro atoms. The van der Waals surface area contributed by atoms with Crippen LogP contribution in [0.15, 0.2) is 9.95 Å².